The molecule has 0 aromatic heterocycles. The number of benzene rings is 3. The molecule has 0 saturated carbocycles. The van der Waals surface area contributed by atoms with E-state index in [0.717, 1.165) is 20.4 Å². The van der Waals surface area contributed by atoms with Crippen LogP contribution in [0, 0.1) is 0 Å². The van der Waals surface area contributed by atoms with Crippen molar-refractivity contribution in [3.63, 3.8) is 0 Å². The molecule has 126 valence electrons. The zero-order chi connectivity index (χ0) is 17.6. The van der Waals surface area contributed by atoms with E-state index in [0.29, 0.717) is 11.1 Å². The zero-order valence-electron chi connectivity index (χ0n) is 14.1. The van der Waals surface area contributed by atoms with Crippen LogP contribution in [-0.2, 0) is 0 Å². The summed E-state index contributed by atoms with van der Waals surface area (Å²) in [6.45, 7) is 0. The minimum Gasteiger partial charge on any atom is -0.497 e. The molecule has 0 N–H and O–H groups in total. The molecule has 3 aromatic rings. The Kier molecular flexibility index (Phi) is 5.84. The second-order valence-corrected chi connectivity index (χ2v) is 7.39. The first-order valence-corrected chi connectivity index (χ1v) is 9.84. The molecule has 0 radical (unpaired) electrons. The van der Waals surface area contributed by atoms with E-state index in [4.69, 9.17) is 4.74 Å². The lowest BCUT2D eigenvalue weighted by Crippen LogP contribution is -2.00. The van der Waals surface area contributed by atoms with E-state index in [1.54, 1.807) is 30.6 Å². The van der Waals surface area contributed by atoms with Crippen molar-refractivity contribution in [1.29, 1.82) is 0 Å². The third kappa shape index (κ3) is 4.47. The van der Waals surface area contributed by atoms with Crippen molar-refractivity contribution in [1.82, 2.24) is 0 Å². The lowest BCUT2D eigenvalue weighted by atomic mass is 10.0. The topological polar surface area (TPSA) is 26.3 Å². The third-order valence-electron chi connectivity index (χ3n) is 3.76. The number of thioether (sulfide) groups is 1. The van der Waals surface area contributed by atoms with Gasteiger partial charge in [-0.1, -0.05) is 11.8 Å². The van der Waals surface area contributed by atoms with Crippen molar-refractivity contribution in [2.45, 2.75) is 14.7 Å². The third-order valence-corrected chi connectivity index (χ3v) is 5.52. The molecular formula is C21H18O2S2. The molecule has 0 spiro atoms. The Labute approximate surface area is 156 Å². The minimum absolute atomic E-state index is 0.0497. The Hall–Kier alpha value is -2.17. The number of ether oxygens (including phenoxy) is 1. The number of hydrogen-bond donors (Lipinski definition) is 0. The van der Waals surface area contributed by atoms with Crippen LogP contribution in [0.4, 0.5) is 0 Å². The lowest BCUT2D eigenvalue weighted by molar-refractivity contribution is 0.103. The number of rotatable bonds is 6. The molecule has 0 aliphatic heterocycles. The molecule has 0 saturated heterocycles. The van der Waals surface area contributed by atoms with Crippen LogP contribution >= 0.6 is 23.5 Å². The Balaban J connectivity index is 1.71. The Morgan fingerprint density at radius 2 is 1.16 bits per heavy atom. The van der Waals surface area contributed by atoms with Crippen molar-refractivity contribution < 1.29 is 9.53 Å². The molecule has 0 bridgehead atoms. The molecule has 0 aliphatic carbocycles. The summed E-state index contributed by atoms with van der Waals surface area (Å²) in [7, 11) is 1.66. The van der Waals surface area contributed by atoms with E-state index in [9.17, 15) is 4.79 Å². The van der Waals surface area contributed by atoms with Gasteiger partial charge in [-0.05, 0) is 79.1 Å². The highest BCUT2D eigenvalue weighted by Gasteiger charge is 2.09. The predicted octanol–water partition coefficient (Wildman–Crippen LogP) is 5.80. The van der Waals surface area contributed by atoms with Gasteiger partial charge in [0.15, 0.2) is 5.78 Å². The van der Waals surface area contributed by atoms with Gasteiger partial charge in [0.25, 0.3) is 0 Å². The quantitative estimate of drug-likeness (QED) is 0.407. The number of ketones is 1. The standard InChI is InChI=1S/C21H18O2S2/c1-23-17-7-13-20(14-8-17)25-19-11-5-16(6-12-19)21(22)15-3-9-18(24-2)10-4-15/h3-14H,1-2H3. The van der Waals surface area contributed by atoms with Gasteiger partial charge in [0, 0.05) is 25.8 Å². The van der Waals surface area contributed by atoms with Crippen LogP contribution in [-0.4, -0.2) is 19.1 Å². The van der Waals surface area contributed by atoms with E-state index in [1.165, 1.54) is 0 Å². The van der Waals surface area contributed by atoms with Gasteiger partial charge in [-0.2, -0.15) is 0 Å². The molecule has 3 rings (SSSR count). The Bertz CT molecular complexity index is 839. The lowest BCUT2D eigenvalue weighted by Gasteiger charge is -2.06. The fourth-order valence-electron chi connectivity index (χ4n) is 2.36. The molecule has 0 fully saturated rings. The van der Waals surface area contributed by atoms with Crippen molar-refractivity contribution in [3.8, 4) is 5.75 Å². The van der Waals surface area contributed by atoms with Crippen LogP contribution in [0.25, 0.3) is 0 Å². The summed E-state index contributed by atoms with van der Waals surface area (Å²) in [5, 5.41) is 0. The highest BCUT2D eigenvalue weighted by molar-refractivity contribution is 7.99. The number of carbonyl (C=O) groups is 1. The SMILES string of the molecule is COc1ccc(Sc2ccc(C(=O)c3ccc(SC)cc3)cc2)cc1. The Morgan fingerprint density at radius 1 is 0.720 bits per heavy atom. The van der Waals surface area contributed by atoms with Crippen LogP contribution in [0.1, 0.15) is 15.9 Å². The summed E-state index contributed by atoms with van der Waals surface area (Å²) in [5.41, 5.74) is 1.42. The average Bonchev–Trinajstić information content (AvgIpc) is 2.69. The zero-order valence-corrected chi connectivity index (χ0v) is 15.7. The maximum atomic E-state index is 12.6. The summed E-state index contributed by atoms with van der Waals surface area (Å²) in [5.74, 6) is 0.895. The number of methoxy groups -OCH3 is 1. The first-order valence-electron chi connectivity index (χ1n) is 7.80. The normalized spacial score (nSPS) is 10.5. The average molecular weight is 367 g/mol. The van der Waals surface area contributed by atoms with Gasteiger partial charge < -0.3 is 4.74 Å². The van der Waals surface area contributed by atoms with Crippen molar-refractivity contribution in [3.05, 3.63) is 83.9 Å². The maximum Gasteiger partial charge on any atom is 0.193 e. The molecule has 2 nitrogen and oxygen atoms in total. The molecule has 0 aliphatic rings. The fourth-order valence-corrected chi connectivity index (χ4v) is 3.59. The van der Waals surface area contributed by atoms with Gasteiger partial charge in [0.2, 0.25) is 0 Å². The highest BCUT2D eigenvalue weighted by atomic mass is 32.2. The second-order valence-electron chi connectivity index (χ2n) is 5.36. The van der Waals surface area contributed by atoms with Crippen LogP contribution in [0.15, 0.2) is 87.5 Å². The molecule has 3 aromatic carbocycles. The first-order chi connectivity index (χ1) is 12.2. The van der Waals surface area contributed by atoms with E-state index in [1.807, 2.05) is 79.1 Å². The molecule has 0 amide bonds. The Morgan fingerprint density at radius 3 is 1.60 bits per heavy atom. The van der Waals surface area contributed by atoms with E-state index < -0.39 is 0 Å². The summed E-state index contributed by atoms with van der Waals surface area (Å²) >= 11 is 3.33. The minimum atomic E-state index is 0.0497. The van der Waals surface area contributed by atoms with Crippen LogP contribution < -0.4 is 4.74 Å². The van der Waals surface area contributed by atoms with Crippen LogP contribution in [0.2, 0.25) is 0 Å². The summed E-state index contributed by atoms with van der Waals surface area (Å²) in [4.78, 5) is 15.9. The molecule has 25 heavy (non-hydrogen) atoms. The van der Waals surface area contributed by atoms with Crippen LogP contribution in [0.5, 0.6) is 5.75 Å². The maximum absolute atomic E-state index is 12.6. The molecule has 4 heteroatoms. The number of carbonyl (C=O) groups excluding carboxylic acids is 1. The monoisotopic (exact) mass is 366 g/mol. The van der Waals surface area contributed by atoms with Crippen LogP contribution in [0.3, 0.4) is 0 Å². The molecular weight excluding hydrogens is 348 g/mol. The number of hydrogen-bond acceptors (Lipinski definition) is 4. The van der Waals surface area contributed by atoms with Crippen molar-refractivity contribution >= 4 is 29.3 Å². The summed E-state index contributed by atoms with van der Waals surface area (Å²) in [6, 6.07) is 23.4. The highest BCUT2D eigenvalue weighted by Crippen LogP contribution is 2.29. The van der Waals surface area contributed by atoms with Crippen molar-refractivity contribution in [2.75, 3.05) is 13.4 Å². The smallest absolute Gasteiger partial charge is 0.193 e. The fraction of sp³-hybridized carbons (Fsp3) is 0.0952. The van der Waals surface area contributed by atoms with Gasteiger partial charge in [-0.25, -0.2) is 0 Å². The van der Waals surface area contributed by atoms with Gasteiger partial charge in [-0.3, -0.25) is 4.79 Å². The summed E-state index contributed by atoms with van der Waals surface area (Å²) < 4.78 is 5.17. The van der Waals surface area contributed by atoms with Gasteiger partial charge in [0.05, 0.1) is 7.11 Å². The van der Waals surface area contributed by atoms with Gasteiger partial charge in [-0.15, -0.1) is 11.8 Å². The summed E-state index contributed by atoms with van der Waals surface area (Å²) in [6.07, 6.45) is 2.02. The van der Waals surface area contributed by atoms with Gasteiger partial charge >= 0.3 is 0 Å². The van der Waals surface area contributed by atoms with Gasteiger partial charge in [0.1, 0.15) is 5.75 Å². The predicted molar refractivity (Wildman–Crippen MR) is 105 cm³/mol. The van der Waals surface area contributed by atoms with Crippen molar-refractivity contribution in [2.24, 2.45) is 0 Å². The van der Waals surface area contributed by atoms with E-state index in [-0.39, 0.29) is 5.78 Å². The molecule has 0 atom stereocenters. The largest absolute Gasteiger partial charge is 0.497 e. The van der Waals surface area contributed by atoms with E-state index >= 15 is 0 Å². The second kappa shape index (κ2) is 8.28. The first kappa shape index (κ1) is 17.6. The molecule has 0 unspecified atom stereocenters. The van der Waals surface area contributed by atoms with E-state index in [2.05, 4.69) is 0 Å². The molecule has 0 heterocycles.